The number of fused-ring (bicyclic) bond motifs is 1. The summed E-state index contributed by atoms with van der Waals surface area (Å²) in [7, 11) is 0. The van der Waals surface area contributed by atoms with Crippen LogP contribution in [-0.4, -0.2) is 20.2 Å². The fourth-order valence-electron chi connectivity index (χ4n) is 3.15. The third-order valence-electron chi connectivity index (χ3n) is 4.68. The van der Waals surface area contributed by atoms with Gasteiger partial charge in [-0.15, -0.1) is 0 Å². The third kappa shape index (κ3) is 3.42. The number of aromatic hydroxyl groups is 1. The second-order valence-electron chi connectivity index (χ2n) is 7.12. The van der Waals surface area contributed by atoms with Crippen LogP contribution in [-0.2, 0) is 5.60 Å². The Balaban J connectivity index is 1.67. The van der Waals surface area contributed by atoms with E-state index < -0.39 is 5.60 Å². The van der Waals surface area contributed by atoms with Crippen LogP contribution in [0, 0.1) is 0 Å². The molecule has 0 aliphatic rings. The van der Waals surface area contributed by atoms with Gasteiger partial charge in [-0.25, -0.2) is 0 Å². The molecule has 0 saturated heterocycles. The smallest absolute Gasteiger partial charge is 0.292 e. The van der Waals surface area contributed by atoms with E-state index in [1.807, 2.05) is 54.6 Å². The Kier molecular flexibility index (Phi) is 4.17. The average Bonchev–Trinajstić information content (AvgIpc) is 2.99. The minimum Gasteiger partial charge on any atom is -0.480 e. The Morgan fingerprint density at radius 3 is 2.04 bits per heavy atom. The lowest BCUT2D eigenvalue weighted by Gasteiger charge is -2.18. The molecule has 0 radical (unpaired) electrons. The molecule has 0 aliphatic carbocycles. The number of nitrogens with zero attached hydrogens (tertiary/aromatic N) is 1. The number of aromatic nitrogens is 2. The minimum atomic E-state index is -0.849. The van der Waals surface area contributed by atoms with Crippen LogP contribution >= 0.6 is 11.6 Å². The summed E-state index contributed by atoms with van der Waals surface area (Å²) < 4.78 is 0. The SMILES string of the molecule is CC(C)(O)c1ccc(-c2ccc(-c3cc4nc(O)[nH]c4cc3Cl)cc2)cc1. The van der Waals surface area contributed by atoms with Crippen LogP contribution in [0.3, 0.4) is 0 Å². The van der Waals surface area contributed by atoms with Gasteiger partial charge < -0.3 is 15.2 Å². The van der Waals surface area contributed by atoms with Crippen LogP contribution in [0.1, 0.15) is 19.4 Å². The summed E-state index contributed by atoms with van der Waals surface area (Å²) in [5, 5.41) is 20.2. The first kappa shape index (κ1) is 17.6. The number of hydrogen-bond acceptors (Lipinski definition) is 3. The molecule has 0 fully saturated rings. The van der Waals surface area contributed by atoms with Crippen LogP contribution in [0.4, 0.5) is 0 Å². The van der Waals surface area contributed by atoms with Crippen molar-refractivity contribution in [1.29, 1.82) is 0 Å². The molecule has 4 rings (SSSR count). The number of imidazole rings is 1. The fraction of sp³-hybridized carbons (Fsp3) is 0.136. The quantitative estimate of drug-likeness (QED) is 0.442. The lowest BCUT2D eigenvalue weighted by molar-refractivity contribution is 0.0786. The molecule has 27 heavy (non-hydrogen) atoms. The molecule has 0 bridgehead atoms. The molecule has 0 aliphatic heterocycles. The Bertz CT molecular complexity index is 1110. The number of nitrogens with one attached hydrogen (secondary N) is 1. The van der Waals surface area contributed by atoms with Gasteiger partial charge in [0.1, 0.15) is 0 Å². The normalized spacial score (nSPS) is 11.9. The lowest BCUT2D eigenvalue weighted by Crippen LogP contribution is -2.14. The molecule has 3 aromatic carbocycles. The maximum absolute atomic E-state index is 10.1. The van der Waals surface area contributed by atoms with Gasteiger partial charge in [-0.1, -0.05) is 60.1 Å². The van der Waals surface area contributed by atoms with Crippen molar-refractivity contribution in [2.75, 3.05) is 0 Å². The van der Waals surface area contributed by atoms with Gasteiger partial charge in [0.15, 0.2) is 0 Å². The molecule has 1 heterocycles. The first-order valence-electron chi connectivity index (χ1n) is 8.63. The molecule has 0 amide bonds. The van der Waals surface area contributed by atoms with E-state index in [1.165, 1.54) is 0 Å². The highest BCUT2D eigenvalue weighted by atomic mass is 35.5. The highest BCUT2D eigenvalue weighted by molar-refractivity contribution is 6.34. The van der Waals surface area contributed by atoms with Crippen molar-refractivity contribution in [3.8, 4) is 28.3 Å². The summed E-state index contributed by atoms with van der Waals surface area (Å²) in [5.41, 5.74) is 5.39. The second kappa shape index (κ2) is 6.41. The summed E-state index contributed by atoms with van der Waals surface area (Å²) in [5.74, 6) is 0. The van der Waals surface area contributed by atoms with Gasteiger partial charge in [0.2, 0.25) is 0 Å². The van der Waals surface area contributed by atoms with E-state index in [4.69, 9.17) is 11.6 Å². The van der Waals surface area contributed by atoms with E-state index in [0.29, 0.717) is 16.1 Å². The maximum Gasteiger partial charge on any atom is 0.292 e. The number of halogens is 1. The van der Waals surface area contributed by atoms with Crippen LogP contribution in [0.5, 0.6) is 6.01 Å². The topological polar surface area (TPSA) is 69.1 Å². The molecule has 4 nitrogen and oxygen atoms in total. The molecule has 0 atom stereocenters. The average molecular weight is 379 g/mol. The lowest BCUT2D eigenvalue weighted by atomic mass is 9.95. The zero-order chi connectivity index (χ0) is 19.2. The fourth-order valence-corrected chi connectivity index (χ4v) is 3.42. The standard InChI is InChI=1S/C22H19ClN2O2/c1-22(2,27)16-9-7-14(8-10-16)13-3-5-15(6-4-13)17-11-19-20(12-18(17)23)25-21(26)24-19/h3-12,27H,1-2H3,(H2,24,25,26). The highest BCUT2D eigenvalue weighted by Gasteiger charge is 2.15. The van der Waals surface area contributed by atoms with E-state index in [9.17, 15) is 10.2 Å². The van der Waals surface area contributed by atoms with Crippen LogP contribution in [0.15, 0.2) is 60.7 Å². The van der Waals surface area contributed by atoms with E-state index in [2.05, 4.69) is 9.97 Å². The molecule has 5 heteroatoms. The van der Waals surface area contributed by atoms with E-state index in [1.54, 1.807) is 19.9 Å². The molecule has 4 aromatic rings. The molecule has 136 valence electrons. The molecule has 0 spiro atoms. The van der Waals surface area contributed by atoms with E-state index in [-0.39, 0.29) is 6.01 Å². The predicted molar refractivity (Wildman–Crippen MR) is 109 cm³/mol. The molecular weight excluding hydrogens is 360 g/mol. The Labute approximate surface area is 162 Å². The van der Waals surface area contributed by atoms with Gasteiger partial charge in [-0.2, -0.15) is 4.98 Å². The number of aliphatic hydroxyl groups is 1. The van der Waals surface area contributed by atoms with Gasteiger partial charge >= 0.3 is 0 Å². The van der Waals surface area contributed by atoms with E-state index in [0.717, 1.165) is 27.8 Å². The van der Waals surface area contributed by atoms with Crippen molar-refractivity contribution < 1.29 is 10.2 Å². The van der Waals surface area contributed by atoms with E-state index >= 15 is 0 Å². The first-order valence-corrected chi connectivity index (χ1v) is 9.01. The van der Waals surface area contributed by atoms with Crippen molar-refractivity contribution in [2.45, 2.75) is 19.4 Å². The maximum atomic E-state index is 10.1. The molecule has 1 aromatic heterocycles. The summed E-state index contributed by atoms with van der Waals surface area (Å²) in [6, 6.07) is 19.5. The largest absolute Gasteiger partial charge is 0.480 e. The molecule has 0 saturated carbocycles. The minimum absolute atomic E-state index is 0.122. The van der Waals surface area contributed by atoms with Gasteiger partial charge in [0.05, 0.1) is 21.7 Å². The van der Waals surface area contributed by atoms with Gasteiger partial charge in [-0.3, -0.25) is 0 Å². The number of aromatic amines is 1. The zero-order valence-electron chi connectivity index (χ0n) is 15.0. The number of benzene rings is 3. The van der Waals surface area contributed by atoms with Gasteiger partial charge in [0, 0.05) is 5.56 Å². The van der Waals surface area contributed by atoms with Crippen molar-refractivity contribution in [3.05, 3.63) is 71.2 Å². The number of hydrogen-bond donors (Lipinski definition) is 3. The van der Waals surface area contributed by atoms with Crippen LogP contribution < -0.4 is 0 Å². The Hall–Kier alpha value is -2.82. The summed E-state index contributed by atoms with van der Waals surface area (Å²) in [4.78, 5) is 6.82. The summed E-state index contributed by atoms with van der Waals surface area (Å²) in [6.45, 7) is 3.55. The number of H-pyrrole nitrogens is 1. The highest BCUT2D eigenvalue weighted by Crippen LogP contribution is 2.33. The van der Waals surface area contributed by atoms with Gasteiger partial charge in [0.25, 0.3) is 6.01 Å². The van der Waals surface area contributed by atoms with Crippen molar-refractivity contribution in [2.24, 2.45) is 0 Å². The van der Waals surface area contributed by atoms with Crippen molar-refractivity contribution in [1.82, 2.24) is 9.97 Å². The second-order valence-corrected chi connectivity index (χ2v) is 7.53. The molecular formula is C22H19ClN2O2. The number of rotatable bonds is 3. The Morgan fingerprint density at radius 1 is 0.889 bits per heavy atom. The van der Waals surface area contributed by atoms with Crippen LogP contribution in [0.2, 0.25) is 5.02 Å². The van der Waals surface area contributed by atoms with Crippen molar-refractivity contribution >= 4 is 22.6 Å². The summed E-state index contributed by atoms with van der Waals surface area (Å²) in [6.07, 6.45) is 0. The summed E-state index contributed by atoms with van der Waals surface area (Å²) >= 11 is 6.41. The van der Waals surface area contributed by atoms with Crippen molar-refractivity contribution in [3.63, 3.8) is 0 Å². The zero-order valence-corrected chi connectivity index (χ0v) is 15.7. The predicted octanol–water partition coefficient (Wildman–Crippen LogP) is 5.48. The first-order chi connectivity index (χ1) is 12.8. The molecule has 3 N–H and O–H groups in total. The Morgan fingerprint density at radius 2 is 1.44 bits per heavy atom. The molecule has 0 unspecified atom stereocenters. The van der Waals surface area contributed by atoms with Gasteiger partial charge in [-0.05, 0) is 48.2 Å². The monoisotopic (exact) mass is 378 g/mol. The van der Waals surface area contributed by atoms with Crippen LogP contribution in [0.25, 0.3) is 33.3 Å². The third-order valence-corrected chi connectivity index (χ3v) is 4.99.